The van der Waals surface area contributed by atoms with E-state index in [1.807, 2.05) is 32.3 Å². The number of carbonyl (C=O) groups excluding carboxylic acids is 1. The Kier molecular flexibility index (Phi) is 9.19. The van der Waals surface area contributed by atoms with E-state index in [-0.39, 0.29) is 17.3 Å². The number of hydrogen-bond acceptors (Lipinski definition) is 5. The monoisotopic (exact) mass is 507 g/mol. The van der Waals surface area contributed by atoms with E-state index in [4.69, 9.17) is 0 Å². The third kappa shape index (κ3) is 8.01. The fourth-order valence-electron chi connectivity index (χ4n) is 3.28. The van der Waals surface area contributed by atoms with Gasteiger partial charge in [-0.15, -0.1) is 0 Å². The Balaban J connectivity index is 1.61. The lowest BCUT2D eigenvalue weighted by atomic mass is 10.2. The summed E-state index contributed by atoms with van der Waals surface area (Å²) in [7, 11) is 2.18. The minimum atomic E-state index is -4.45. The Morgan fingerprint density at radius 3 is 2.49 bits per heavy atom. The maximum absolute atomic E-state index is 12.8. The number of nitrogens with one attached hydrogen (secondary N) is 3. The van der Waals surface area contributed by atoms with Gasteiger partial charge < -0.3 is 15.5 Å². The Morgan fingerprint density at radius 1 is 1.06 bits per heavy atom. The number of amides is 1. The quantitative estimate of drug-likeness (QED) is 0.346. The van der Waals surface area contributed by atoms with Crippen LogP contribution < -0.4 is 15.4 Å². The topological polar surface area (TPSA) is 86.4 Å². The first-order valence-electron chi connectivity index (χ1n) is 11.0. The van der Waals surface area contributed by atoms with Crippen molar-refractivity contribution in [2.24, 2.45) is 0 Å². The van der Waals surface area contributed by atoms with Gasteiger partial charge in [0, 0.05) is 18.5 Å². The van der Waals surface area contributed by atoms with E-state index < -0.39 is 22.7 Å². The van der Waals surface area contributed by atoms with Gasteiger partial charge in [0.25, 0.3) is 0 Å². The van der Waals surface area contributed by atoms with Gasteiger partial charge in [-0.1, -0.05) is 18.2 Å². The molecule has 3 N–H and O–H groups in total. The zero-order valence-electron chi connectivity index (χ0n) is 19.5. The summed E-state index contributed by atoms with van der Waals surface area (Å²) < 4.78 is 53.9. The number of rotatable bonds is 11. The SMILES string of the molecule is CN(C)CCCNC(=O)CNCc1ccc2cccc(NS(=O)c3ccc(C(F)(F)F)cc3)c2n1. The standard InChI is InChI=1S/C24H28F3N5O2S/c1-32(2)14-4-13-29-22(33)16-28-15-19-10-7-17-5-3-6-21(23(17)30-19)31-35(34)20-11-8-18(9-12-20)24(25,26)27/h3,5-12,28,31H,4,13-16H2,1-2H3,(H,29,33). The number of pyridine rings is 1. The van der Waals surface area contributed by atoms with Crippen LogP contribution in [0.25, 0.3) is 10.9 Å². The average molecular weight is 508 g/mol. The van der Waals surface area contributed by atoms with Gasteiger partial charge in [0.15, 0.2) is 0 Å². The number of anilines is 1. The molecule has 2 aromatic carbocycles. The maximum Gasteiger partial charge on any atom is 0.416 e. The molecule has 3 rings (SSSR count). The van der Waals surface area contributed by atoms with Gasteiger partial charge >= 0.3 is 6.18 Å². The van der Waals surface area contributed by atoms with Crippen LogP contribution in [0.2, 0.25) is 0 Å². The Morgan fingerprint density at radius 2 is 1.80 bits per heavy atom. The molecule has 1 aromatic heterocycles. The van der Waals surface area contributed by atoms with Crippen molar-refractivity contribution >= 4 is 33.5 Å². The van der Waals surface area contributed by atoms with Crippen molar-refractivity contribution in [3.63, 3.8) is 0 Å². The predicted octanol–water partition coefficient (Wildman–Crippen LogP) is 3.55. The Bertz CT molecular complexity index is 1170. The molecule has 0 aliphatic carbocycles. The van der Waals surface area contributed by atoms with E-state index in [0.29, 0.717) is 30.0 Å². The van der Waals surface area contributed by atoms with Crippen LogP contribution in [0, 0.1) is 0 Å². The van der Waals surface area contributed by atoms with Crippen molar-refractivity contribution in [1.82, 2.24) is 20.5 Å². The average Bonchev–Trinajstić information content (AvgIpc) is 2.81. The van der Waals surface area contributed by atoms with Gasteiger partial charge in [-0.25, -0.2) is 9.19 Å². The zero-order valence-corrected chi connectivity index (χ0v) is 20.3. The lowest BCUT2D eigenvalue weighted by Gasteiger charge is -2.12. The number of carbonyl (C=O) groups is 1. The van der Waals surface area contributed by atoms with Gasteiger partial charge in [0.05, 0.1) is 33.9 Å². The maximum atomic E-state index is 12.8. The van der Waals surface area contributed by atoms with Crippen LogP contribution in [0.1, 0.15) is 17.7 Å². The smallest absolute Gasteiger partial charge is 0.355 e. The fourth-order valence-corrected chi connectivity index (χ4v) is 4.15. The highest BCUT2D eigenvalue weighted by Crippen LogP contribution is 2.30. The summed E-state index contributed by atoms with van der Waals surface area (Å²) in [4.78, 5) is 18.8. The molecule has 1 atom stereocenters. The summed E-state index contributed by atoms with van der Waals surface area (Å²) in [6.07, 6.45) is -3.58. The van der Waals surface area contributed by atoms with Crippen LogP contribution >= 0.6 is 0 Å². The minimum absolute atomic E-state index is 0.0983. The second kappa shape index (κ2) is 12.1. The third-order valence-corrected chi connectivity index (χ3v) is 6.18. The molecular formula is C24H28F3N5O2S. The molecule has 0 saturated carbocycles. The van der Waals surface area contributed by atoms with E-state index in [0.717, 1.165) is 30.5 Å². The molecule has 0 bridgehead atoms. The molecule has 1 heterocycles. The summed E-state index contributed by atoms with van der Waals surface area (Å²) >= 11 is 0. The van der Waals surface area contributed by atoms with Crippen LogP contribution in [0.4, 0.5) is 18.9 Å². The van der Waals surface area contributed by atoms with E-state index >= 15 is 0 Å². The van der Waals surface area contributed by atoms with Gasteiger partial charge in [-0.3, -0.25) is 9.52 Å². The number of alkyl halides is 3. The summed E-state index contributed by atoms with van der Waals surface area (Å²) in [5.74, 6) is -0.0983. The highest BCUT2D eigenvalue weighted by atomic mass is 32.2. The second-order valence-corrected chi connectivity index (χ2v) is 9.40. The lowest BCUT2D eigenvalue weighted by molar-refractivity contribution is -0.137. The normalized spacial score (nSPS) is 12.6. The van der Waals surface area contributed by atoms with Crippen molar-refractivity contribution < 1.29 is 22.2 Å². The second-order valence-electron chi connectivity index (χ2n) is 8.18. The molecule has 0 radical (unpaired) electrons. The number of hydrogen-bond donors (Lipinski definition) is 3. The Hall–Kier alpha value is -3.02. The number of fused-ring (bicyclic) bond motifs is 1. The van der Waals surface area contributed by atoms with Crippen LogP contribution in [0.3, 0.4) is 0 Å². The first-order valence-corrected chi connectivity index (χ1v) is 12.1. The van der Waals surface area contributed by atoms with Crippen molar-refractivity contribution in [2.75, 3.05) is 38.5 Å². The molecule has 0 aliphatic rings. The van der Waals surface area contributed by atoms with E-state index in [1.54, 1.807) is 12.1 Å². The molecule has 0 spiro atoms. The van der Waals surface area contributed by atoms with Gasteiger partial charge in [-0.2, -0.15) is 13.2 Å². The van der Waals surface area contributed by atoms with Gasteiger partial charge in [0.2, 0.25) is 5.91 Å². The molecule has 11 heteroatoms. The molecule has 0 aliphatic heterocycles. The molecule has 1 amide bonds. The van der Waals surface area contributed by atoms with Crippen LogP contribution in [0.15, 0.2) is 59.5 Å². The summed E-state index contributed by atoms with van der Waals surface area (Å²) in [6, 6.07) is 13.2. The number of halogens is 3. The first-order chi connectivity index (χ1) is 16.6. The summed E-state index contributed by atoms with van der Waals surface area (Å²) in [6.45, 7) is 2.02. The van der Waals surface area contributed by atoms with Gasteiger partial charge in [-0.05, 0) is 63.5 Å². The molecule has 0 saturated heterocycles. The minimum Gasteiger partial charge on any atom is -0.355 e. The summed E-state index contributed by atoms with van der Waals surface area (Å²) in [5, 5.41) is 6.73. The fraction of sp³-hybridized carbons (Fsp3) is 0.333. The van der Waals surface area contributed by atoms with E-state index in [1.165, 1.54) is 12.1 Å². The van der Waals surface area contributed by atoms with Crippen molar-refractivity contribution in [3.05, 3.63) is 65.9 Å². The van der Waals surface area contributed by atoms with Crippen molar-refractivity contribution in [2.45, 2.75) is 24.0 Å². The molecule has 3 aromatic rings. The zero-order chi connectivity index (χ0) is 25.4. The van der Waals surface area contributed by atoms with Gasteiger partial charge in [0.1, 0.15) is 11.0 Å². The highest BCUT2D eigenvalue weighted by Gasteiger charge is 2.30. The van der Waals surface area contributed by atoms with E-state index in [2.05, 4.69) is 25.2 Å². The van der Waals surface area contributed by atoms with Crippen LogP contribution in [0.5, 0.6) is 0 Å². The molecule has 1 unspecified atom stereocenters. The number of para-hydroxylation sites is 1. The molecule has 188 valence electrons. The number of nitrogens with zero attached hydrogens (tertiary/aromatic N) is 2. The molecule has 35 heavy (non-hydrogen) atoms. The third-order valence-electron chi connectivity index (χ3n) is 5.07. The highest BCUT2D eigenvalue weighted by molar-refractivity contribution is 7.86. The van der Waals surface area contributed by atoms with Crippen LogP contribution in [-0.2, 0) is 28.5 Å². The Labute approximate surface area is 204 Å². The van der Waals surface area contributed by atoms with Crippen LogP contribution in [-0.4, -0.2) is 53.7 Å². The first kappa shape index (κ1) is 26.6. The summed E-state index contributed by atoms with van der Waals surface area (Å²) in [5.41, 5.74) is 0.943. The number of aromatic nitrogens is 1. The molecule has 7 nitrogen and oxygen atoms in total. The largest absolute Gasteiger partial charge is 0.416 e. The lowest BCUT2D eigenvalue weighted by Crippen LogP contribution is -2.35. The van der Waals surface area contributed by atoms with E-state index in [9.17, 15) is 22.2 Å². The molecule has 0 fully saturated rings. The van der Waals surface area contributed by atoms with Crippen molar-refractivity contribution in [1.29, 1.82) is 0 Å². The molecular weight excluding hydrogens is 479 g/mol. The van der Waals surface area contributed by atoms with Crippen molar-refractivity contribution in [3.8, 4) is 0 Å². The number of benzene rings is 2. The predicted molar refractivity (Wildman–Crippen MR) is 131 cm³/mol.